The Bertz CT molecular complexity index is 653. The first-order valence-corrected chi connectivity index (χ1v) is 8.56. The van der Waals surface area contributed by atoms with E-state index in [1.165, 1.54) is 5.56 Å². The van der Waals surface area contributed by atoms with Gasteiger partial charge in [0.15, 0.2) is 0 Å². The number of halogens is 1. The molecule has 0 radical (unpaired) electrons. The van der Waals surface area contributed by atoms with E-state index in [1.54, 1.807) is 0 Å². The zero-order valence-corrected chi connectivity index (χ0v) is 15.4. The van der Waals surface area contributed by atoms with E-state index < -0.39 is 0 Å². The number of anilines is 1. The number of likely N-dealkylation sites (N-methyl/N-ethyl adjacent to an activating group) is 1. The predicted molar refractivity (Wildman–Crippen MR) is 99.6 cm³/mol. The quantitative estimate of drug-likeness (QED) is 0.798. The summed E-state index contributed by atoms with van der Waals surface area (Å²) in [5, 5.41) is 3.03. The zero-order chi connectivity index (χ0) is 16.8. The first-order chi connectivity index (χ1) is 11.0. The maximum atomic E-state index is 12.3. The normalized spacial score (nSPS) is 11.0. The Kier molecular flexibility index (Phi) is 6.37. The van der Waals surface area contributed by atoms with Gasteiger partial charge in [-0.15, -0.1) is 0 Å². The van der Waals surface area contributed by atoms with Crippen LogP contribution in [-0.2, 0) is 11.3 Å². The molecule has 0 aliphatic carbocycles. The van der Waals surface area contributed by atoms with Crippen molar-refractivity contribution in [2.75, 3.05) is 18.9 Å². The van der Waals surface area contributed by atoms with Gasteiger partial charge in [0.1, 0.15) is 0 Å². The molecule has 23 heavy (non-hydrogen) atoms. The molecule has 0 aliphatic heterocycles. The zero-order valence-electron chi connectivity index (χ0n) is 13.8. The number of benzene rings is 2. The van der Waals surface area contributed by atoms with Crippen molar-refractivity contribution in [3.63, 3.8) is 0 Å². The number of carbonyl (C=O) groups is 1. The molecular weight excluding hydrogens is 352 g/mol. The average molecular weight is 375 g/mol. The van der Waals surface area contributed by atoms with Gasteiger partial charge in [0.25, 0.3) is 0 Å². The van der Waals surface area contributed by atoms with E-state index in [1.807, 2.05) is 42.3 Å². The number of carbonyl (C=O) groups excluding carboxylic acids is 1. The van der Waals surface area contributed by atoms with Crippen LogP contribution in [0.4, 0.5) is 5.69 Å². The van der Waals surface area contributed by atoms with Gasteiger partial charge in [-0.1, -0.05) is 60.1 Å². The second-order valence-corrected chi connectivity index (χ2v) is 7.00. The Labute approximate surface area is 146 Å². The standard InChI is InChI=1S/C19H23BrN2O/c1-14(2)17-6-4-5-7-18(17)21-19(23)13-22(3)12-15-8-10-16(20)11-9-15/h4-11,14H,12-13H2,1-3H3,(H,21,23). The van der Waals surface area contributed by atoms with E-state index in [2.05, 4.69) is 53.3 Å². The Hall–Kier alpha value is -1.65. The van der Waals surface area contributed by atoms with Crippen LogP contribution in [-0.4, -0.2) is 24.4 Å². The van der Waals surface area contributed by atoms with Crippen LogP contribution >= 0.6 is 15.9 Å². The molecule has 4 heteroatoms. The van der Waals surface area contributed by atoms with Crippen LogP contribution < -0.4 is 5.32 Å². The molecule has 0 fully saturated rings. The number of hydrogen-bond acceptors (Lipinski definition) is 2. The third-order valence-electron chi connectivity index (χ3n) is 3.64. The molecule has 1 N–H and O–H groups in total. The Morgan fingerprint density at radius 1 is 1.13 bits per heavy atom. The highest BCUT2D eigenvalue weighted by Crippen LogP contribution is 2.23. The molecule has 0 aromatic heterocycles. The second-order valence-electron chi connectivity index (χ2n) is 6.09. The van der Waals surface area contributed by atoms with Crippen LogP contribution in [0.2, 0.25) is 0 Å². The van der Waals surface area contributed by atoms with Crippen LogP contribution in [0.25, 0.3) is 0 Å². The predicted octanol–water partition coefficient (Wildman–Crippen LogP) is 4.64. The van der Waals surface area contributed by atoms with Gasteiger partial charge in [0.05, 0.1) is 6.54 Å². The van der Waals surface area contributed by atoms with Crippen molar-refractivity contribution < 1.29 is 4.79 Å². The minimum atomic E-state index is 0.0118. The topological polar surface area (TPSA) is 32.3 Å². The van der Waals surface area contributed by atoms with E-state index in [4.69, 9.17) is 0 Å². The van der Waals surface area contributed by atoms with Crippen molar-refractivity contribution in [2.24, 2.45) is 0 Å². The van der Waals surface area contributed by atoms with E-state index in [-0.39, 0.29) is 5.91 Å². The number of rotatable bonds is 6. The molecule has 2 aromatic rings. The number of hydrogen-bond donors (Lipinski definition) is 1. The van der Waals surface area contributed by atoms with Crippen LogP contribution in [0.1, 0.15) is 30.9 Å². The molecule has 0 spiro atoms. The lowest BCUT2D eigenvalue weighted by Gasteiger charge is -2.18. The highest BCUT2D eigenvalue weighted by atomic mass is 79.9. The molecule has 2 aromatic carbocycles. The van der Waals surface area contributed by atoms with Crippen LogP contribution in [0.5, 0.6) is 0 Å². The van der Waals surface area contributed by atoms with Crippen LogP contribution in [0.3, 0.4) is 0 Å². The molecular formula is C19H23BrN2O. The van der Waals surface area contributed by atoms with Gasteiger partial charge >= 0.3 is 0 Å². The minimum Gasteiger partial charge on any atom is -0.325 e. The molecule has 0 bridgehead atoms. The van der Waals surface area contributed by atoms with Crippen LogP contribution in [0.15, 0.2) is 53.0 Å². The number of nitrogens with zero attached hydrogens (tertiary/aromatic N) is 1. The molecule has 0 atom stereocenters. The highest BCUT2D eigenvalue weighted by Gasteiger charge is 2.11. The summed E-state index contributed by atoms with van der Waals surface area (Å²) in [7, 11) is 1.95. The van der Waals surface area contributed by atoms with Gasteiger partial charge < -0.3 is 5.32 Å². The molecule has 0 heterocycles. The van der Waals surface area contributed by atoms with Gasteiger partial charge in [0, 0.05) is 16.7 Å². The van der Waals surface area contributed by atoms with Crippen LogP contribution in [0, 0.1) is 0 Å². The summed E-state index contributed by atoms with van der Waals surface area (Å²) < 4.78 is 1.06. The van der Waals surface area contributed by atoms with Crippen molar-refractivity contribution in [3.8, 4) is 0 Å². The van der Waals surface area contributed by atoms with E-state index in [9.17, 15) is 4.79 Å². The van der Waals surface area contributed by atoms with Gasteiger partial charge in [-0.25, -0.2) is 0 Å². The third kappa shape index (κ3) is 5.48. The Morgan fingerprint density at radius 2 is 1.78 bits per heavy atom. The second kappa shape index (κ2) is 8.27. The van der Waals surface area contributed by atoms with E-state index in [0.29, 0.717) is 12.5 Å². The summed E-state index contributed by atoms with van der Waals surface area (Å²) in [6.45, 7) is 5.37. The molecule has 3 nitrogen and oxygen atoms in total. The van der Waals surface area contributed by atoms with Gasteiger partial charge in [-0.2, -0.15) is 0 Å². The fourth-order valence-corrected chi connectivity index (χ4v) is 2.77. The molecule has 122 valence electrons. The first kappa shape index (κ1) is 17.7. The maximum Gasteiger partial charge on any atom is 0.238 e. The Morgan fingerprint density at radius 3 is 2.43 bits per heavy atom. The van der Waals surface area contributed by atoms with E-state index in [0.717, 1.165) is 22.3 Å². The Balaban J connectivity index is 1.93. The van der Waals surface area contributed by atoms with Gasteiger partial charge in [0.2, 0.25) is 5.91 Å². The molecule has 0 unspecified atom stereocenters. The van der Waals surface area contributed by atoms with Crippen molar-refractivity contribution >= 4 is 27.5 Å². The first-order valence-electron chi connectivity index (χ1n) is 7.77. The van der Waals surface area contributed by atoms with Gasteiger partial charge in [-0.3, -0.25) is 9.69 Å². The molecule has 0 saturated carbocycles. The highest BCUT2D eigenvalue weighted by molar-refractivity contribution is 9.10. The number of nitrogens with one attached hydrogen (secondary N) is 1. The summed E-state index contributed by atoms with van der Waals surface area (Å²) in [6.07, 6.45) is 0. The fraction of sp³-hybridized carbons (Fsp3) is 0.316. The molecule has 0 saturated heterocycles. The summed E-state index contributed by atoms with van der Waals surface area (Å²) >= 11 is 3.43. The summed E-state index contributed by atoms with van der Waals surface area (Å²) in [5.41, 5.74) is 3.26. The van der Waals surface area contributed by atoms with Crippen molar-refractivity contribution in [2.45, 2.75) is 26.3 Å². The lowest BCUT2D eigenvalue weighted by Crippen LogP contribution is -2.30. The number of para-hydroxylation sites is 1. The van der Waals surface area contributed by atoms with Crippen molar-refractivity contribution in [1.29, 1.82) is 0 Å². The average Bonchev–Trinajstić information content (AvgIpc) is 2.49. The lowest BCUT2D eigenvalue weighted by atomic mass is 10.0. The summed E-state index contributed by atoms with van der Waals surface area (Å²) in [4.78, 5) is 14.3. The molecule has 2 rings (SSSR count). The monoisotopic (exact) mass is 374 g/mol. The van der Waals surface area contributed by atoms with Crippen molar-refractivity contribution in [3.05, 3.63) is 64.1 Å². The summed E-state index contributed by atoms with van der Waals surface area (Å²) in [6, 6.07) is 16.1. The smallest absolute Gasteiger partial charge is 0.238 e. The fourth-order valence-electron chi connectivity index (χ4n) is 2.51. The third-order valence-corrected chi connectivity index (χ3v) is 4.16. The minimum absolute atomic E-state index is 0.0118. The maximum absolute atomic E-state index is 12.3. The summed E-state index contributed by atoms with van der Waals surface area (Å²) in [5.74, 6) is 0.393. The van der Waals surface area contributed by atoms with E-state index >= 15 is 0 Å². The SMILES string of the molecule is CC(C)c1ccccc1NC(=O)CN(C)Cc1ccc(Br)cc1. The van der Waals surface area contributed by atoms with Crippen molar-refractivity contribution in [1.82, 2.24) is 4.90 Å². The van der Waals surface area contributed by atoms with Gasteiger partial charge in [-0.05, 0) is 42.3 Å². The molecule has 0 aliphatic rings. The molecule has 1 amide bonds. The number of amides is 1. The largest absolute Gasteiger partial charge is 0.325 e. The lowest BCUT2D eigenvalue weighted by molar-refractivity contribution is -0.117.